The van der Waals surface area contributed by atoms with E-state index in [9.17, 15) is 9.59 Å². The number of hydrogen-bond donors (Lipinski definition) is 1. The van der Waals surface area contributed by atoms with E-state index in [2.05, 4.69) is 5.32 Å². The quantitative estimate of drug-likeness (QED) is 0.642. The van der Waals surface area contributed by atoms with Crippen LogP contribution in [0.15, 0.2) is 72.8 Å². The van der Waals surface area contributed by atoms with Crippen molar-refractivity contribution in [2.24, 2.45) is 0 Å². The molecule has 0 atom stereocenters. The zero-order valence-corrected chi connectivity index (χ0v) is 15.4. The zero-order chi connectivity index (χ0) is 19.2. The van der Waals surface area contributed by atoms with Crippen LogP contribution in [0.3, 0.4) is 0 Å². The van der Waals surface area contributed by atoms with Crippen LogP contribution < -0.4 is 10.1 Å². The van der Waals surface area contributed by atoms with Gasteiger partial charge in [0.1, 0.15) is 5.75 Å². The number of anilines is 1. The second-order valence-electron chi connectivity index (χ2n) is 6.33. The molecule has 0 aliphatic carbocycles. The average molecular weight is 359 g/mol. The molecule has 27 heavy (non-hydrogen) atoms. The molecule has 0 aromatic heterocycles. The molecule has 0 bridgehead atoms. The lowest BCUT2D eigenvalue weighted by atomic mass is 10.0. The van der Waals surface area contributed by atoms with E-state index in [1.54, 1.807) is 30.3 Å². The highest BCUT2D eigenvalue weighted by Gasteiger charge is 2.14. The van der Waals surface area contributed by atoms with E-state index in [0.29, 0.717) is 22.6 Å². The maximum absolute atomic E-state index is 12.6. The number of amides is 1. The molecule has 0 fully saturated rings. The Labute approximate surface area is 158 Å². The molecule has 0 saturated carbocycles. The van der Waals surface area contributed by atoms with Gasteiger partial charge in [0, 0.05) is 11.3 Å². The van der Waals surface area contributed by atoms with Crippen molar-refractivity contribution in [3.8, 4) is 5.75 Å². The molecule has 0 aliphatic heterocycles. The maximum atomic E-state index is 12.6. The number of rotatable bonds is 6. The first-order valence-electron chi connectivity index (χ1n) is 8.73. The summed E-state index contributed by atoms with van der Waals surface area (Å²) in [7, 11) is 0. The number of carbonyl (C=O) groups is 2. The average Bonchev–Trinajstić information content (AvgIpc) is 2.69. The van der Waals surface area contributed by atoms with Gasteiger partial charge in [-0.3, -0.25) is 9.59 Å². The number of para-hydroxylation sites is 2. The molecule has 0 heterocycles. The summed E-state index contributed by atoms with van der Waals surface area (Å²) >= 11 is 0. The van der Waals surface area contributed by atoms with Crippen LogP contribution in [0.2, 0.25) is 0 Å². The highest BCUT2D eigenvalue weighted by atomic mass is 16.5. The number of hydrogen-bond acceptors (Lipinski definition) is 3. The number of aryl methyl sites for hydroxylation is 2. The Kier molecular flexibility index (Phi) is 5.67. The van der Waals surface area contributed by atoms with Gasteiger partial charge in [-0.25, -0.2) is 0 Å². The van der Waals surface area contributed by atoms with Crippen molar-refractivity contribution < 1.29 is 14.3 Å². The van der Waals surface area contributed by atoms with Gasteiger partial charge in [-0.2, -0.15) is 0 Å². The van der Waals surface area contributed by atoms with Crippen molar-refractivity contribution in [2.45, 2.75) is 13.8 Å². The first kappa shape index (κ1) is 18.4. The Hall–Kier alpha value is -3.40. The number of benzene rings is 3. The predicted octanol–water partition coefficient (Wildman–Crippen LogP) is 4.82. The minimum atomic E-state index is -0.282. The summed E-state index contributed by atoms with van der Waals surface area (Å²) < 4.78 is 5.67. The molecule has 4 heteroatoms. The fraction of sp³-hybridized carbons (Fsp3) is 0.130. The van der Waals surface area contributed by atoms with Gasteiger partial charge in [-0.05, 0) is 55.3 Å². The SMILES string of the molecule is Cc1ccc(C(=O)COc2ccccc2C(=O)Nc2ccccc2)cc1C. The van der Waals surface area contributed by atoms with E-state index >= 15 is 0 Å². The van der Waals surface area contributed by atoms with Crippen LogP contribution >= 0.6 is 0 Å². The van der Waals surface area contributed by atoms with E-state index in [1.807, 2.05) is 56.3 Å². The molecule has 4 nitrogen and oxygen atoms in total. The lowest BCUT2D eigenvalue weighted by Gasteiger charge is -2.12. The Morgan fingerprint density at radius 3 is 2.30 bits per heavy atom. The Balaban J connectivity index is 1.71. The fourth-order valence-electron chi connectivity index (χ4n) is 2.64. The molecule has 3 aromatic carbocycles. The highest BCUT2D eigenvalue weighted by Crippen LogP contribution is 2.20. The maximum Gasteiger partial charge on any atom is 0.259 e. The standard InChI is InChI=1S/C23H21NO3/c1-16-12-13-18(14-17(16)2)21(25)15-27-22-11-7-6-10-20(22)23(26)24-19-8-4-3-5-9-19/h3-14H,15H2,1-2H3,(H,24,26). The third-order valence-corrected chi connectivity index (χ3v) is 4.35. The largest absolute Gasteiger partial charge is 0.485 e. The van der Waals surface area contributed by atoms with Gasteiger partial charge in [0.25, 0.3) is 5.91 Å². The summed E-state index contributed by atoms with van der Waals surface area (Å²) in [5, 5.41) is 2.83. The monoisotopic (exact) mass is 359 g/mol. The molecule has 0 saturated heterocycles. The van der Waals surface area contributed by atoms with Crippen molar-refractivity contribution in [1.82, 2.24) is 0 Å². The third kappa shape index (κ3) is 4.61. The predicted molar refractivity (Wildman–Crippen MR) is 107 cm³/mol. The molecular formula is C23H21NO3. The third-order valence-electron chi connectivity index (χ3n) is 4.35. The summed E-state index contributed by atoms with van der Waals surface area (Å²) in [5.74, 6) is -0.0325. The molecule has 0 spiro atoms. The topological polar surface area (TPSA) is 55.4 Å². The summed E-state index contributed by atoms with van der Waals surface area (Å²) in [6, 6.07) is 21.7. The number of Topliss-reactive ketones (excluding diaryl/α,β-unsaturated/α-hetero) is 1. The van der Waals surface area contributed by atoms with Gasteiger partial charge < -0.3 is 10.1 Å². The Morgan fingerprint density at radius 1 is 0.852 bits per heavy atom. The van der Waals surface area contributed by atoms with Crippen molar-refractivity contribution in [3.63, 3.8) is 0 Å². The van der Waals surface area contributed by atoms with E-state index < -0.39 is 0 Å². The van der Waals surface area contributed by atoms with Crippen molar-refractivity contribution in [2.75, 3.05) is 11.9 Å². The van der Waals surface area contributed by atoms with Gasteiger partial charge in [-0.15, -0.1) is 0 Å². The molecule has 0 aliphatic rings. The number of carbonyl (C=O) groups excluding carboxylic acids is 2. The Morgan fingerprint density at radius 2 is 1.56 bits per heavy atom. The van der Waals surface area contributed by atoms with Gasteiger partial charge in [0.15, 0.2) is 12.4 Å². The molecule has 3 aromatic rings. The van der Waals surface area contributed by atoms with E-state index in [1.165, 1.54) is 0 Å². The number of ketones is 1. The summed E-state index contributed by atoms with van der Waals surface area (Å²) in [6.07, 6.45) is 0. The second kappa shape index (κ2) is 8.32. The molecular weight excluding hydrogens is 338 g/mol. The van der Waals surface area contributed by atoms with Gasteiger partial charge >= 0.3 is 0 Å². The lowest BCUT2D eigenvalue weighted by molar-refractivity contribution is 0.0914. The highest BCUT2D eigenvalue weighted by molar-refractivity contribution is 6.06. The smallest absolute Gasteiger partial charge is 0.259 e. The van der Waals surface area contributed by atoms with Crippen molar-refractivity contribution in [3.05, 3.63) is 95.1 Å². The van der Waals surface area contributed by atoms with Crippen LogP contribution in [0, 0.1) is 13.8 Å². The van der Waals surface area contributed by atoms with Crippen LogP contribution in [-0.2, 0) is 0 Å². The summed E-state index contributed by atoms with van der Waals surface area (Å²) in [5.41, 5.74) is 3.88. The van der Waals surface area contributed by atoms with Gasteiger partial charge in [0.2, 0.25) is 0 Å². The minimum Gasteiger partial charge on any atom is -0.485 e. The van der Waals surface area contributed by atoms with E-state index in [0.717, 1.165) is 11.1 Å². The van der Waals surface area contributed by atoms with Gasteiger partial charge in [-0.1, -0.05) is 42.5 Å². The van der Waals surface area contributed by atoms with Crippen LogP contribution in [0.4, 0.5) is 5.69 Å². The van der Waals surface area contributed by atoms with Crippen LogP contribution in [0.5, 0.6) is 5.75 Å². The summed E-state index contributed by atoms with van der Waals surface area (Å²) in [4.78, 5) is 25.0. The summed E-state index contributed by atoms with van der Waals surface area (Å²) in [6.45, 7) is 3.84. The van der Waals surface area contributed by atoms with Gasteiger partial charge in [0.05, 0.1) is 5.56 Å². The second-order valence-corrected chi connectivity index (χ2v) is 6.33. The van der Waals surface area contributed by atoms with Crippen LogP contribution in [0.25, 0.3) is 0 Å². The molecule has 1 amide bonds. The van der Waals surface area contributed by atoms with Crippen LogP contribution in [-0.4, -0.2) is 18.3 Å². The fourth-order valence-corrected chi connectivity index (χ4v) is 2.64. The number of nitrogens with one attached hydrogen (secondary N) is 1. The molecule has 136 valence electrons. The molecule has 3 rings (SSSR count). The Bertz CT molecular complexity index is 964. The molecule has 1 N–H and O–H groups in total. The van der Waals surface area contributed by atoms with E-state index in [-0.39, 0.29) is 18.3 Å². The van der Waals surface area contributed by atoms with Crippen LogP contribution in [0.1, 0.15) is 31.8 Å². The first-order valence-corrected chi connectivity index (χ1v) is 8.73. The number of ether oxygens (including phenoxy) is 1. The van der Waals surface area contributed by atoms with Crippen molar-refractivity contribution in [1.29, 1.82) is 0 Å². The first-order chi connectivity index (χ1) is 13.0. The minimum absolute atomic E-state index is 0.127. The zero-order valence-electron chi connectivity index (χ0n) is 15.4. The normalized spacial score (nSPS) is 10.3. The molecule has 0 unspecified atom stereocenters. The molecule has 0 radical (unpaired) electrons. The lowest BCUT2D eigenvalue weighted by Crippen LogP contribution is -2.16. The van der Waals surface area contributed by atoms with E-state index in [4.69, 9.17) is 4.74 Å². The van der Waals surface area contributed by atoms with Crippen molar-refractivity contribution >= 4 is 17.4 Å².